The van der Waals surface area contributed by atoms with Crippen LogP contribution in [0.25, 0.3) is 0 Å². The van der Waals surface area contributed by atoms with E-state index in [0.29, 0.717) is 0 Å². The zero-order chi connectivity index (χ0) is 9.43. The fourth-order valence-corrected chi connectivity index (χ4v) is 3.18. The van der Waals surface area contributed by atoms with Crippen molar-refractivity contribution in [3.63, 3.8) is 0 Å². The maximum Gasteiger partial charge on any atom is 0.167 e. The van der Waals surface area contributed by atoms with Crippen LogP contribution in [0.15, 0.2) is 23.3 Å². The highest BCUT2D eigenvalue weighted by atomic mass is 16.1. The number of ketones is 2. The van der Waals surface area contributed by atoms with Crippen LogP contribution in [-0.4, -0.2) is 11.6 Å². The number of hydrogen-bond donors (Lipinski definition) is 0. The van der Waals surface area contributed by atoms with E-state index < -0.39 is 10.8 Å². The monoisotopic (exact) mass is 174 g/mol. The van der Waals surface area contributed by atoms with Gasteiger partial charge in [-0.15, -0.1) is 0 Å². The molecular formula is C11H10O2. The summed E-state index contributed by atoms with van der Waals surface area (Å²) in [7, 11) is 0. The predicted octanol–water partition coefficient (Wildman–Crippen LogP) is 1.42. The molecule has 0 radical (unpaired) electrons. The van der Waals surface area contributed by atoms with Gasteiger partial charge in [0.15, 0.2) is 11.6 Å². The van der Waals surface area contributed by atoms with E-state index in [1.165, 1.54) is 0 Å². The van der Waals surface area contributed by atoms with Crippen LogP contribution in [0.1, 0.15) is 20.3 Å². The molecule has 0 heterocycles. The summed E-state index contributed by atoms with van der Waals surface area (Å²) in [5, 5.41) is 0. The molecule has 3 aliphatic carbocycles. The average Bonchev–Trinajstić information content (AvgIpc) is 2.64. The van der Waals surface area contributed by atoms with Crippen molar-refractivity contribution in [2.24, 2.45) is 10.8 Å². The van der Waals surface area contributed by atoms with E-state index in [1.807, 2.05) is 13.8 Å². The summed E-state index contributed by atoms with van der Waals surface area (Å²) >= 11 is 0. The lowest BCUT2D eigenvalue weighted by Gasteiger charge is -2.08. The van der Waals surface area contributed by atoms with Crippen LogP contribution in [0.2, 0.25) is 0 Å². The van der Waals surface area contributed by atoms with Crippen LogP contribution < -0.4 is 0 Å². The maximum atomic E-state index is 11.7. The zero-order valence-corrected chi connectivity index (χ0v) is 7.68. The standard InChI is InChI=1S/C11H10O2/c1-6-3-8(12)11-5-10(6,11)9(13)4-7(11)2/h3-4H,5H2,1-2H3/t10-,11+. The first-order chi connectivity index (χ1) is 6.05. The molecule has 0 aromatic rings. The van der Waals surface area contributed by atoms with Gasteiger partial charge in [0.05, 0.1) is 10.8 Å². The highest BCUT2D eigenvalue weighted by molar-refractivity contribution is 6.20. The van der Waals surface area contributed by atoms with E-state index in [1.54, 1.807) is 12.2 Å². The highest BCUT2D eigenvalue weighted by Crippen LogP contribution is 2.78. The van der Waals surface area contributed by atoms with Crippen molar-refractivity contribution in [1.29, 1.82) is 0 Å². The van der Waals surface area contributed by atoms with Gasteiger partial charge in [-0.25, -0.2) is 0 Å². The fraction of sp³-hybridized carbons (Fsp3) is 0.455. The molecule has 2 heteroatoms. The second-order valence-electron chi connectivity index (χ2n) is 4.37. The number of carbonyl (C=O) groups excluding carboxylic acids is 2. The second-order valence-corrected chi connectivity index (χ2v) is 4.37. The fourth-order valence-electron chi connectivity index (χ4n) is 3.18. The Morgan fingerprint density at radius 1 is 1.00 bits per heavy atom. The molecule has 3 aliphatic rings. The van der Waals surface area contributed by atoms with Crippen LogP contribution in [0.5, 0.6) is 0 Å². The molecule has 0 spiro atoms. The van der Waals surface area contributed by atoms with Crippen LogP contribution >= 0.6 is 0 Å². The average molecular weight is 174 g/mol. The molecule has 13 heavy (non-hydrogen) atoms. The molecule has 2 nitrogen and oxygen atoms in total. The molecule has 66 valence electrons. The third kappa shape index (κ3) is 0.438. The summed E-state index contributed by atoms with van der Waals surface area (Å²) in [6.45, 7) is 3.80. The SMILES string of the molecule is CC1=CC(=O)[C@@]23C[C@]12C(=O)C=C3C. The Morgan fingerprint density at radius 2 is 1.38 bits per heavy atom. The first kappa shape index (κ1) is 7.25. The van der Waals surface area contributed by atoms with Crippen LogP contribution in [0.4, 0.5) is 0 Å². The first-order valence-electron chi connectivity index (χ1n) is 4.52. The van der Waals surface area contributed by atoms with Crippen LogP contribution in [0.3, 0.4) is 0 Å². The number of rotatable bonds is 0. The van der Waals surface area contributed by atoms with Gasteiger partial charge in [-0.05, 0) is 32.4 Å². The van der Waals surface area contributed by atoms with Gasteiger partial charge in [-0.2, -0.15) is 0 Å². The third-order valence-electron chi connectivity index (χ3n) is 4.02. The quantitative estimate of drug-likeness (QED) is 0.556. The van der Waals surface area contributed by atoms with Gasteiger partial charge in [0.2, 0.25) is 0 Å². The van der Waals surface area contributed by atoms with Crippen molar-refractivity contribution in [2.75, 3.05) is 0 Å². The lowest BCUT2D eigenvalue weighted by atomic mass is 9.90. The van der Waals surface area contributed by atoms with Crippen molar-refractivity contribution >= 4 is 11.6 Å². The summed E-state index contributed by atoms with van der Waals surface area (Å²) in [6, 6.07) is 0. The normalized spacial score (nSPS) is 45.7. The topological polar surface area (TPSA) is 34.1 Å². The van der Waals surface area contributed by atoms with Gasteiger partial charge in [0.25, 0.3) is 0 Å². The van der Waals surface area contributed by atoms with Crippen LogP contribution in [-0.2, 0) is 9.59 Å². The molecule has 0 bridgehead atoms. The zero-order valence-electron chi connectivity index (χ0n) is 7.68. The Labute approximate surface area is 76.3 Å². The number of hydrogen-bond acceptors (Lipinski definition) is 2. The Bertz CT molecular complexity index is 387. The van der Waals surface area contributed by atoms with Gasteiger partial charge in [0, 0.05) is 0 Å². The Balaban J connectivity index is 2.30. The minimum Gasteiger partial charge on any atom is -0.294 e. The van der Waals surface area contributed by atoms with Gasteiger partial charge >= 0.3 is 0 Å². The van der Waals surface area contributed by atoms with Crippen molar-refractivity contribution < 1.29 is 9.59 Å². The van der Waals surface area contributed by atoms with E-state index in [2.05, 4.69) is 0 Å². The molecule has 0 N–H and O–H groups in total. The molecule has 1 saturated carbocycles. The Morgan fingerprint density at radius 3 is 1.69 bits per heavy atom. The van der Waals surface area contributed by atoms with Crippen molar-refractivity contribution in [2.45, 2.75) is 20.3 Å². The molecule has 0 aromatic carbocycles. The number of allylic oxidation sites excluding steroid dienone is 4. The molecule has 0 amide bonds. The van der Waals surface area contributed by atoms with Crippen molar-refractivity contribution in [3.05, 3.63) is 23.3 Å². The van der Waals surface area contributed by atoms with E-state index in [-0.39, 0.29) is 11.6 Å². The minimum atomic E-state index is -0.409. The van der Waals surface area contributed by atoms with Gasteiger partial charge in [0.1, 0.15) is 0 Å². The molecule has 2 atom stereocenters. The van der Waals surface area contributed by atoms with Gasteiger partial charge < -0.3 is 0 Å². The third-order valence-corrected chi connectivity index (χ3v) is 4.02. The Kier molecular flexibility index (Phi) is 0.872. The van der Waals surface area contributed by atoms with E-state index in [0.717, 1.165) is 17.6 Å². The molecule has 0 saturated heterocycles. The smallest absolute Gasteiger partial charge is 0.167 e. The van der Waals surface area contributed by atoms with Gasteiger partial charge in [-0.3, -0.25) is 9.59 Å². The largest absolute Gasteiger partial charge is 0.294 e. The summed E-state index contributed by atoms with van der Waals surface area (Å²) in [6.07, 6.45) is 4.04. The van der Waals surface area contributed by atoms with E-state index in [4.69, 9.17) is 0 Å². The minimum absolute atomic E-state index is 0.143. The first-order valence-corrected chi connectivity index (χ1v) is 4.52. The van der Waals surface area contributed by atoms with Crippen molar-refractivity contribution in [3.8, 4) is 0 Å². The number of carbonyl (C=O) groups is 2. The molecule has 1 fully saturated rings. The lowest BCUT2D eigenvalue weighted by Crippen LogP contribution is -2.17. The summed E-state index contributed by atoms with van der Waals surface area (Å²) in [5.74, 6) is 0.286. The summed E-state index contributed by atoms with van der Waals surface area (Å²) in [5.41, 5.74) is 1.12. The Hall–Kier alpha value is -1.18. The van der Waals surface area contributed by atoms with E-state index >= 15 is 0 Å². The predicted molar refractivity (Wildman–Crippen MR) is 47.0 cm³/mol. The lowest BCUT2D eigenvalue weighted by molar-refractivity contribution is -0.122. The molecule has 0 aliphatic heterocycles. The second kappa shape index (κ2) is 1.57. The molecule has 0 unspecified atom stereocenters. The molecular weight excluding hydrogens is 164 g/mol. The molecule has 0 aromatic heterocycles. The molecule has 3 rings (SSSR count). The van der Waals surface area contributed by atoms with Gasteiger partial charge in [-0.1, -0.05) is 11.1 Å². The van der Waals surface area contributed by atoms with Crippen LogP contribution in [0, 0.1) is 10.8 Å². The maximum absolute atomic E-state index is 11.7. The van der Waals surface area contributed by atoms with Crippen molar-refractivity contribution in [1.82, 2.24) is 0 Å². The van der Waals surface area contributed by atoms with E-state index in [9.17, 15) is 9.59 Å². The highest BCUT2D eigenvalue weighted by Gasteiger charge is 2.81. The summed E-state index contributed by atoms with van der Waals surface area (Å²) in [4.78, 5) is 23.4. The summed E-state index contributed by atoms with van der Waals surface area (Å²) < 4.78 is 0.